The van der Waals surface area contributed by atoms with Crippen LogP contribution in [0.15, 0.2) is 42.0 Å². The van der Waals surface area contributed by atoms with E-state index >= 15 is 0 Å². The summed E-state index contributed by atoms with van der Waals surface area (Å²) in [5.41, 5.74) is 3.23. The third kappa shape index (κ3) is 4.77. The smallest absolute Gasteiger partial charge is 0.270 e. The van der Waals surface area contributed by atoms with E-state index in [4.69, 9.17) is 21.7 Å². The molecule has 1 aliphatic rings. The fourth-order valence-electron chi connectivity index (χ4n) is 3.27. The number of hydrogen-bond acceptors (Lipinski definition) is 5. The van der Waals surface area contributed by atoms with Crippen molar-refractivity contribution in [2.24, 2.45) is 0 Å². The maximum Gasteiger partial charge on any atom is 0.270 e. The van der Waals surface area contributed by atoms with Crippen LogP contribution >= 0.6 is 12.2 Å². The Kier molecular flexibility index (Phi) is 6.75. The number of carbonyl (C=O) groups is 2. The zero-order chi connectivity index (χ0) is 22.7. The number of anilines is 1. The highest BCUT2D eigenvalue weighted by atomic mass is 32.1. The first-order chi connectivity index (χ1) is 14.7. The summed E-state index contributed by atoms with van der Waals surface area (Å²) in [5, 5.41) is 2.68. The lowest BCUT2D eigenvalue weighted by Crippen LogP contribution is -2.54. The zero-order valence-corrected chi connectivity index (χ0v) is 19.1. The Bertz CT molecular complexity index is 1080. The fraction of sp³-hybridized carbons (Fsp3) is 0.292. The van der Waals surface area contributed by atoms with E-state index in [1.54, 1.807) is 25.3 Å². The number of benzene rings is 2. The van der Waals surface area contributed by atoms with Crippen LogP contribution in [0.3, 0.4) is 0 Å². The first-order valence-electron chi connectivity index (χ1n) is 10.1. The van der Waals surface area contributed by atoms with E-state index < -0.39 is 11.8 Å². The van der Waals surface area contributed by atoms with Crippen LogP contribution in [-0.2, 0) is 9.59 Å². The molecule has 1 fully saturated rings. The van der Waals surface area contributed by atoms with E-state index in [0.717, 1.165) is 17.5 Å². The molecule has 2 aromatic carbocycles. The lowest BCUT2D eigenvalue weighted by atomic mass is 10.0. The van der Waals surface area contributed by atoms with Gasteiger partial charge in [0.05, 0.1) is 18.9 Å². The molecule has 1 N–H and O–H groups in total. The average molecular weight is 439 g/mol. The Labute approximate surface area is 187 Å². The summed E-state index contributed by atoms with van der Waals surface area (Å²) in [7, 11) is 1.55. The van der Waals surface area contributed by atoms with Gasteiger partial charge in [-0.1, -0.05) is 30.7 Å². The number of amides is 2. The summed E-state index contributed by atoms with van der Waals surface area (Å²) < 4.78 is 11.3. The van der Waals surface area contributed by atoms with Crippen LogP contribution in [0, 0.1) is 13.8 Å². The predicted molar refractivity (Wildman–Crippen MR) is 125 cm³/mol. The minimum Gasteiger partial charge on any atom is -0.493 e. The number of ether oxygens (including phenoxy) is 2. The normalized spacial score (nSPS) is 16.4. The van der Waals surface area contributed by atoms with Gasteiger partial charge in [-0.25, -0.2) is 0 Å². The Hall–Kier alpha value is -3.19. The quantitative estimate of drug-likeness (QED) is 0.413. The van der Waals surface area contributed by atoms with Crippen LogP contribution in [0.25, 0.3) is 6.08 Å². The van der Waals surface area contributed by atoms with Crippen molar-refractivity contribution in [2.75, 3.05) is 12.0 Å². The van der Waals surface area contributed by atoms with E-state index in [-0.39, 0.29) is 16.8 Å². The Morgan fingerprint density at radius 2 is 1.87 bits per heavy atom. The van der Waals surface area contributed by atoms with Crippen molar-refractivity contribution >= 4 is 40.9 Å². The molecule has 0 aromatic heterocycles. The molecule has 0 bridgehead atoms. The van der Waals surface area contributed by atoms with Gasteiger partial charge in [-0.05, 0) is 74.8 Å². The van der Waals surface area contributed by atoms with Crippen LogP contribution in [0.5, 0.6) is 11.5 Å². The summed E-state index contributed by atoms with van der Waals surface area (Å²) >= 11 is 5.29. The summed E-state index contributed by atoms with van der Waals surface area (Å²) in [6, 6.07) is 11.0. The van der Waals surface area contributed by atoms with E-state index in [2.05, 4.69) is 5.32 Å². The number of methoxy groups -OCH3 is 1. The molecule has 1 atom stereocenters. The summed E-state index contributed by atoms with van der Waals surface area (Å²) in [6.07, 6.45) is 2.43. The molecular formula is C24H26N2O4S. The van der Waals surface area contributed by atoms with Gasteiger partial charge in [0.2, 0.25) is 0 Å². The lowest BCUT2D eigenvalue weighted by Gasteiger charge is -2.30. The highest BCUT2D eigenvalue weighted by Gasteiger charge is 2.35. The molecule has 2 aromatic rings. The Morgan fingerprint density at radius 3 is 2.52 bits per heavy atom. The van der Waals surface area contributed by atoms with Crippen LogP contribution in [0.4, 0.5) is 5.69 Å². The zero-order valence-electron chi connectivity index (χ0n) is 18.3. The van der Waals surface area contributed by atoms with Gasteiger partial charge < -0.3 is 9.47 Å². The van der Waals surface area contributed by atoms with Crippen molar-refractivity contribution in [1.29, 1.82) is 0 Å². The van der Waals surface area contributed by atoms with Crippen LogP contribution in [-0.4, -0.2) is 30.1 Å². The minimum atomic E-state index is -0.532. The number of nitrogens with zero attached hydrogens (tertiary/aromatic N) is 1. The van der Waals surface area contributed by atoms with E-state index in [9.17, 15) is 9.59 Å². The average Bonchev–Trinajstić information content (AvgIpc) is 2.73. The standard InChI is InChI=1S/C24H26N2O4S/c1-6-16(4)30-20-10-8-17(13-21(20)29-5)12-18-22(27)25-24(31)26(23(18)28)19-9-7-14(2)11-15(19)3/h7-13,16H,6H2,1-5H3,(H,25,27,31)/b18-12+/t16-/m1/s1. The maximum absolute atomic E-state index is 13.2. The van der Waals surface area contributed by atoms with E-state index in [0.29, 0.717) is 22.7 Å². The van der Waals surface area contributed by atoms with Gasteiger partial charge in [-0.2, -0.15) is 0 Å². The molecule has 7 heteroatoms. The molecule has 0 unspecified atom stereocenters. The highest BCUT2D eigenvalue weighted by molar-refractivity contribution is 7.80. The molecule has 162 valence electrons. The number of carbonyl (C=O) groups excluding carboxylic acids is 2. The Balaban J connectivity index is 1.98. The third-order valence-electron chi connectivity index (χ3n) is 5.10. The highest BCUT2D eigenvalue weighted by Crippen LogP contribution is 2.31. The van der Waals surface area contributed by atoms with E-state index in [1.807, 2.05) is 45.9 Å². The number of thiocarbonyl (C=S) groups is 1. The minimum absolute atomic E-state index is 0.00813. The van der Waals surface area contributed by atoms with Crippen LogP contribution < -0.4 is 19.7 Å². The van der Waals surface area contributed by atoms with Crippen molar-refractivity contribution < 1.29 is 19.1 Å². The summed E-state index contributed by atoms with van der Waals surface area (Å²) in [5.74, 6) is 0.131. The number of nitrogens with one attached hydrogen (secondary N) is 1. The molecule has 0 aliphatic carbocycles. The van der Waals surface area contributed by atoms with Crippen molar-refractivity contribution in [3.8, 4) is 11.5 Å². The van der Waals surface area contributed by atoms with E-state index in [1.165, 1.54) is 11.0 Å². The molecule has 1 aliphatic heterocycles. The number of aryl methyl sites for hydroxylation is 2. The molecule has 31 heavy (non-hydrogen) atoms. The third-order valence-corrected chi connectivity index (χ3v) is 5.38. The van der Waals surface area contributed by atoms with Gasteiger partial charge in [0, 0.05) is 0 Å². The topological polar surface area (TPSA) is 67.9 Å². The van der Waals surface area contributed by atoms with Crippen molar-refractivity contribution in [1.82, 2.24) is 5.32 Å². The first kappa shape index (κ1) is 22.5. The lowest BCUT2D eigenvalue weighted by molar-refractivity contribution is -0.122. The second-order valence-corrected chi connectivity index (χ2v) is 7.88. The van der Waals surface area contributed by atoms with Gasteiger partial charge in [-0.15, -0.1) is 0 Å². The second-order valence-electron chi connectivity index (χ2n) is 7.49. The summed E-state index contributed by atoms with van der Waals surface area (Å²) in [4.78, 5) is 27.2. The monoisotopic (exact) mass is 438 g/mol. The molecule has 1 saturated heterocycles. The molecule has 3 rings (SSSR count). The summed E-state index contributed by atoms with van der Waals surface area (Å²) in [6.45, 7) is 7.89. The predicted octanol–water partition coefficient (Wildman–Crippen LogP) is 4.32. The van der Waals surface area contributed by atoms with Crippen molar-refractivity contribution in [2.45, 2.75) is 40.2 Å². The maximum atomic E-state index is 13.2. The van der Waals surface area contributed by atoms with Crippen LogP contribution in [0.2, 0.25) is 0 Å². The molecule has 0 spiro atoms. The Morgan fingerprint density at radius 1 is 1.13 bits per heavy atom. The number of rotatable bonds is 6. The second kappa shape index (κ2) is 9.31. The van der Waals surface area contributed by atoms with Gasteiger partial charge in [-0.3, -0.25) is 19.8 Å². The molecule has 2 amide bonds. The fourth-order valence-corrected chi connectivity index (χ4v) is 3.54. The largest absolute Gasteiger partial charge is 0.493 e. The van der Waals surface area contributed by atoms with Crippen molar-refractivity contribution in [3.63, 3.8) is 0 Å². The molecule has 0 radical (unpaired) electrons. The molecule has 6 nitrogen and oxygen atoms in total. The first-order valence-corrected chi connectivity index (χ1v) is 10.5. The van der Waals surface area contributed by atoms with Gasteiger partial charge in [0.25, 0.3) is 11.8 Å². The number of hydrogen-bond donors (Lipinski definition) is 1. The molecule has 0 saturated carbocycles. The van der Waals surface area contributed by atoms with Crippen molar-refractivity contribution in [3.05, 3.63) is 58.7 Å². The molecule has 1 heterocycles. The van der Waals surface area contributed by atoms with Gasteiger partial charge >= 0.3 is 0 Å². The SMILES string of the molecule is CC[C@@H](C)Oc1ccc(/C=C2\C(=O)NC(=S)N(c3ccc(C)cc3C)C2=O)cc1OC. The molecular weight excluding hydrogens is 412 g/mol. The van der Waals surface area contributed by atoms with Gasteiger partial charge in [0.1, 0.15) is 5.57 Å². The van der Waals surface area contributed by atoms with Gasteiger partial charge in [0.15, 0.2) is 16.6 Å². The van der Waals surface area contributed by atoms with Crippen LogP contribution in [0.1, 0.15) is 37.0 Å².